The minimum atomic E-state index is -0.201. The van der Waals surface area contributed by atoms with Gasteiger partial charge in [0.15, 0.2) is 0 Å². The van der Waals surface area contributed by atoms with Crippen LogP contribution in [0.1, 0.15) is 12.6 Å². The fraction of sp³-hybridized carbons (Fsp3) is 0.182. The maximum absolute atomic E-state index is 13.2. The van der Waals surface area contributed by atoms with Gasteiger partial charge >= 0.3 is 0 Å². The lowest BCUT2D eigenvalue weighted by molar-refractivity contribution is 0.639. The second-order valence-corrected chi connectivity index (χ2v) is 2.96. The molecule has 0 aliphatic heterocycles. The highest BCUT2D eigenvalue weighted by atomic mass is 19.1. The first-order valence-electron chi connectivity index (χ1n) is 4.35. The Bertz CT molecular complexity index is 437. The number of hydrogen-bond acceptors (Lipinski definition) is 1. The SMILES string of the molecule is CCc1ccc2c(F)cccc2n1. The summed E-state index contributed by atoms with van der Waals surface area (Å²) in [6.45, 7) is 2.04. The second kappa shape index (κ2) is 3.13. The second-order valence-electron chi connectivity index (χ2n) is 2.96. The summed E-state index contributed by atoms with van der Waals surface area (Å²) in [5, 5.41) is 0.597. The van der Waals surface area contributed by atoms with Crippen LogP contribution in [0, 0.1) is 5.82 Å². The smallest absolute Gasteiger partial charge is 0.132 e. The van der Waals surface area contributed by atoms with Crippen LogP contribution in [-0.4, -0.2) is 4.98 Å². The van der Waals surface area contributed by atoms with E-state index in [1.54, 1.807) is 12.1 Å². The average Bonchev–Trinajstić information content (AvgIpc) is 2.18. The largest absolute Gasteiger partial charge is 0.253 e. The van der Waals surface area contributed by atoms with Crippen molar-refractivity contribution < 1.29 is 4.39 Å². The van der Waals surface area contributed by atoms with Crippen molar-refractivity contribution in [2.45, 2.75) is 13.3 Å². The predicted molar refractivity (Wildman–Crippen MR) is 51.1 cm³/mol. The molecule has 0 spiro atoms. The molecule has 0 unspecified atom stereocenters. The zero-order valence-electron chi connectivity index (χ0n) is 7.42. The first kappa shape index (κ1) is 8.17. The summed E-state index contributed by atoms with van der Waals surface area (Å²) in [5.74, 6) is -0.201. The summed E-state index contributed by atoms with van der Waals surface area (Å²) in [7, 11) is 0. The highest BCUT2D eigenvalue weighted by Gasteiger charge is 2.00. The van der Waals surface area contributed by atoms with E-state index in [0.717, 1.165) is 17.6 Å². The number of aryl methyl sites for hydroxylation is 1. The van der Waals surface area contributed by atoms with Crippen LogP contribution in [0.25, 0.3) is 10.9 Å². The quantitative estimate of drug-likeness (QED) is 0.649. The van der Waals surface area contributed by atoms with Gasteiger partial charge in [0.1, 0.15) is 5.82 Å². The van der Waals surface area contributed by atoms with Gasteiger partial charge in [-0.25, -0.2) is 4.39 Å². The van der Waals surface area contributed by atoms with Crippen LogP contribution >= 0.6 is 0 Å². The van der Waals surface area contributed by atoms with Gasteiger partial charge in [-0.2, -0.15) is 0 Å². The third kappa shape index (κ3) is 1.39. The lowest BCUT2D eigenvalue weighted by Crippen LogP contribution is -1.88. The molecule has 0 saturated carbocycles. The predicted octanol–water partition coefficient (Wildman–Crippen LogP) is 2.94. The number of fused-ring (bicyclic) bond motifs is 1. The topological polar surface area (TPSA) is 12.9 Å². The minimum absolute atomic E-state index is 0.201. The molecule has 13 heavy (non-hydrogen) atoms. The normalized spacial score (nSPS) is 10.6. The summed E-state index contributed by atoms with van der Waals surface area (Å²) in [6, 6.07) is 8.62. The van der Waals surface area contributed by atoms with Crippen molar-refractivity contribution in [3.8, 4) is 0 Å². The van der Waals surface area contributed by atoms with Gasteiger partial charge in [0.25, 0.3) is 0 Å². The van der Waals surface area contributed by atoms with E-state index in [1.165, 1.54) is 6.07 Å². The molecule has 0 aliphatic carbocycles. The van der Waals surface area contributed by atoms with Gasteiger partial charge in [0.2, 0.25) is 0 Å². The zero-order chi connectivity index (χ0) is 9.26. The Labute approximate surface area is 76.2 Å². The molecule has 0 aliphatic rings. The number of benzene rings is 1. The van der Waals surface area contributed by atoms with Crippen LogP contribution in [0.2, 0.25) is 0 Å². The van der Waals surface area contributed by atoms with E-state index < -0.39 is 0 Å². The number of rotatable bonds is 1. The Morgan fingerprint density at radius 3 is 2.85 bits per heavy atom. The first-order chi connectivity index (χ1) is 6.31. The molecule has 1 aromatic carbocycles. The minimum Gasteiger partial charge on any atom is -0.253 e. The fourth-order valence-electron chi connectivity index (χ4n) is 1.36. The van der Waals surface area contributed by atoms with E-state index in [1.807, 2.05) is 19.1 Å². The van der Waals surface area contributed by atoms with E-state index in [0.29, 0.717) is 5.39 Å². The van der Waals surface area contributed by atoms with Crippen LogP contribution in [0.5, 0.6) is 0 Å². The van der Waals surface area contributed by atoms with E-state index in [4.69, 9.17) is 0 Å². The summed E-state index contributed by atoms with van der Waals surface area (Å²) < 4.78 is 13.2. The summed E-state index contributed by atoms with van der Waals surface area (Å²) in [4.78, 5) is 4.31. The van der Waals surface area contributed by atoms with Crippen molar-refractivity contribution in [2.75, 3.05) is 0 Å². The van der Waals surface area contributed by atoms with Gasteiger partial charge in [-0.1, -0.05) is 13.0 Å². The molecule has 1 aromatic heterocycles. The molecule has 0 bridgehead atoms. The zero-order valence-corrected chi connectivity index (χ0v) is 7.42. The third-order valence-electron chi connectivity index (χ3n) is 2.10. The summed E-state index contributed by atoms with van der Waals surface area (Å²) >= 11 is 0. The van der Waals surface area contributed by atoms with Crippen LogP contribution in [0.4, 0.5) is 4.39 Å². The molecule has 0 atom stereocenters. The maximum Gasteiger partial charge on any atom is 0.132 e. The van der Waals surface area contributed by atoms with Gasteiger partial charge in [0, 0.05) is 11.1 Å². The van der Waals surface area contributed by atoms with Crippen LogP contribution in [0.15, 0.2) is 30.3 Å². The standard InChI is InChI=1S/C11H10FN/c1-2-8-6-7-9-10(12)4-3-5-11(9)13-8/h3-7H,2H2,1H3. The summed E-state index contributed by atoms with van der Waals surface area (Å²) in [5.41, 5.74) is 1.73. The molecule has 1 nitrogen and oxygen atoms in total. The fourth-order valence-corrected chi connectivity index (χ4v) is 1.36. The number of aromatic nitrogens is 1. The van der Waals surface area contributed by atoms with Crippen LogP contribution in [-0.2, 0) is 6.42 Å². The molecule has 2 heteroatoms. The molecule has 1 heterocycles. The Hall–Kier alpha value is -1.44. The molecule has 66 valence electrons. The van der Waals surface area contributed by atoms with Crippen LogP contribution in [0.3, 0.4) is 0 Å². The molecule has 0 radical (unpaired) electrons. The van der Waals surface area contributed by atoms with E-state index in [9.17, 15) is 4.39 Å². The van der Waals surface area contributed by atoms with Crippen molar-refractivity contribution in [1.82, 2.24) is 4.98 Å². The van der Waals surface area contributed by atoms with Crippen molar-refractivity contribution in [1.29, 1.82) is 0 Å². The van der Waals surface area contributed by atoms with Crippen LogP contribution < -0.4 is 0 Å². The molecular weight excluding hydrogens is 165 g/mol. The Morgan fingerprint density at radius 2 is 2.08 bits per heavy atom. The van der Waals surface area contributed by atoms with Gasteiger partial charge in [0.05, 0.1) is 5.52 Å². The highest BCUT2D eigenvalue weighted by Crippen LogP contribution is 2.15. The maximum atomic E-state index is 13.2. The molecule has 0 N–H and O–H groups in total. The lowest BCUT2D eigenvalue weighted by Gasteiger charge is -2.00. The molecular formula is C11H10FN. The van der Waals surface area contributed by atoms with Crippen molar-refractivity contribution >= 4 is 10.9 Å². The number of nitrogens with zero attached hydrogens (tertiary/aromatic N) is 1. The highest BCUT2D eigenvalue weighted by molar-refractivity contribution is 5.79. The van der Waals surface area contributed by atoms with Gasteiger partial charge in [-0.05, 0) is 30.7 Å². The van der Waals surface area contributed by atoms with Crippen molar-refractivity contribution in [2.24, 2.45) is 0 Å². The van der Waals surface area contributed by atoms with Crippen molar-refractivity contribution in [3.05, 3.63) is 41.8 Å². The Kier molecular flexibility index (Phi) is 1.97. The molecule has 2 aromatic rings. The Morgan fingerprint density at radius 1 is 1.23 bits per heavy atom. The van der Waals surface area contributed by atoms with E-state index in [-0.39, 0.29) is 5.82 Å². The average molecular weight is 175 g/mol. The van der Waals surface area contributed by atoms with Gasteiger partial charge in [-0.3, -0.25) is 4.98 Å². The first-order valence-corrected chi connectivity index (χ1v) is 4.35. The molecule has 2 rings (SSSR count). The third-order valence-corrected chi connectivity index (χ3v) is 2.10. The number of hydrogen-bond donors (Lipinski definition) is 0. The number of pyridine rings is 1. The monoisotopic (exact) mass is 175 g/mol. The lowest BCUT2D eigenvalue weighted by atomic mass is 10.2. The van der Waals surface area contributed by atoms with E-state index in [2.05, 4.69) is 4.98 Å². The summed E-state index contributed by atoms with van der Waals surface area (Å²) in [6.07, 6.45) is 0.881. The van der Waals surface area contributed by atoms with Gasteiger partial charge in [-0.15, -0.1) is 0 Å². The number of halogens is 1. The van der Waals surface area contributed by atoms with E-state index >= 15 is 0 Å². The molecule has 0 saturated heterocycles. The Balaban J connectivity index is 2.72. The van der Waals surface area contributed by atoms with Gasteiger partial charge < -0.3 is 0 Å². The molecule has 0 amide bonds. The molecule has 0 fully saturated rings. The van der Waals surface area contributed by atoms with Crippen molar-refractivity contribution in [3.63, 3.8) is 0 Å².